The fraction of sp³-hybridized carbons (Fsp3) is 0.750. The smallest absolute Gasteiger partial charge is 0.336 e. The Morgan fingerprint density at radius 3 is 2.38 bits per heavy atom. The third-order valence-corrected chi connectivity index (χ3v) is 4.15. The zero-order valence-corrected chi connectivity index (χ0v) is 15.8. The summed E-state index contributed by atoms with van der Waals surface area (Å²) in [4.78, 5) is 44.5. The molecule has 13 heteroatoms. The number of methoxy groups -OCH3 is 2. The molecule has 1 heterocycles. The van der Waals surface area contributed by atoms with Gasteiger partial charge in [-0.3, -0.25) is 4.79 Å². The molecule has 0 aromatic carbocycles. The number of carboxylic acids is 1. The molecule has 0 radical (unpaired) electrons. The molecule has 0 aromatic rings. The van der Waals surface area contributed by atoms with E-state index in [9.17, 15) is 34.5 Å². The van der Waals surface area contributed by atoms with Gasteiger partial charge in [0.25, 0.3) is 0 Å². The van der Waals surface area contributed by atoms with Gasteiger partial charge in [-0.15, -0.1) is 0 Å². The van der Waals surface area contributed by atoms with Crippen LogP contribution in [0.3, 0.4) is 0 Å². The topological polar surface area (TPSA) is 187 Å². The highest BCUT2D eigenvalue weighted by atomic mass is 16.7. The highest BCUT2D eigenvalue weighted by Crippen LogP contribution is 2.25. The van der Waals surface area contributed by atoms with E-state index in [1.54, 1.807) is 0 Å². The largest absolute Gasteiger partial charge is 0.479 e. The first-order chi connectivity index (χ1) is 13.9. The highest BCUT2D eigenvalue weighted by molar-refractivity contribution is 5.78. The van der Waals surface area contributed by atoms with Crippen molar-refractivity contribution in [3.63, 3.8) is 0 Å². The average Bonchev–Trinajstić information content (AvgIpc) is 2.72. The quantitative estimate of drug-likeness (QED) is 0.159. The van der Waals surface area contributed by atoms with Crippen molar-refractivity contribution in [2.45, 2.75) is 49.1 Å². The van der Waals surface area contributed by atoms with Gasteiger partial charge in [0.15, 0.2) is 25.0 Å². The second kappa shape index (κ2) is 12.7. The van der Waals surface area contributed by atoms with Crippen LogP contribution in [0.1, 0.15) is 0 Å². The molecule has 166 valence electrons. The Bertz CT molecular complexity index is 546. The van der Waals surface area contributed by atoms with E-state index in [4.69, 9.17) is 23.7 Å². The second-order valence-electron chi connectivity index (χ2n) is 5.89. The SMILES string of the molecule is COC(C=O)C(OC(C=O)OC1C(O)C(CO)OC(OC)C1NCC=O)C(=O)O. The lowest BCUT2D eigenvalue weighted by Gasteiger charge is -2.44. The Labute approximate surface area is 165 Å². The van der Waals surface area contributed by atoms with Gasteiger partial charge >= 0.3 is 5.97 Å². The number of aliphatic hydroxyl groups excluding tert-OH is 2. The fourth-order valence-electron chi connectivity index (χ4n) is 2.75. The lowest BCUT2D eigenvalue weighted by Crippen LogP contribution is -2.65. The van der Waals surface area contributed by atoms with Gasteiger partial charge in [-0.25, -0.2) is 4.79 Å². The van der Waals surface area contributed by atoms with Crippen molar-refractivity contribution in [3.8, 4) is 0 Å². The van der Waals surface area contributed by atoms with Gasteiger partial charge in [-0.05, 0) is 0 Å². The Kier molecular flexibility index (Phi) is 11.0. The maximum absolute atomic E-state index is 11.4. The number of carbonyl (C=O) groups is 4. The summed E-state index contributed by atoms with van der Waals surface area (Å²) in [5.41, 5.74) is 0. The van der Waals surface area contributed by atoms with E-state index in [-0.39, 0.29) is 19.1 Å². The first-order valence-electron chi connectivity index (χ1n) is 8.49. The van der Waals surface area contributed by atoms with Crippen molar-refractivity contribution in [1.82, 2.24) is 5.32 Å². The van der Waals surface area contributed by atoms with Gasteiger partial charge in [0.05, 0.1) is 19.2 Å². The standard InChI is InChI=1S/C16H25NO12/c1-25-9(6-20)13(15(23)24)28-10(7-21)29-14-11(17-3-4-18)16(26-2)27-8(5-19)12(14)22/h4,6-14,16-17,19,22H,3,5H2,1-2H3,(H,23,24). The summed E-state index contributed by atoms with van der Waals surface area (Å²) in [5, 5.41) is 31.8. The van der Waals surface area contributed by atoms with Crippen LogP contribution < -0.4 is 5.32 Å². The van der Waals surface area contributed by atoms with Crippen LogP contribution in [-0.4, -0.2) is 117 Å². The summed E-state index contributed by atoms with van der Waals surface area (Å²) < 4.78 is 25.7. The van der Waals surface area contributed by atoms with E-state index in [2.05, 4.69) is 5.32 Å². The first-order valence-corrected chi connectivity index (χ1v) is 8.49. The van der Waals surface area contributed by atoms with Crippen LogP contribution in [0.4, 0.5) is 0 Å². The van der Waals surface area contributed by atoms with E-state index < -0.39 is 61.7 Å². The molecule has 13 nitrogen and oxygen atoms in total. The minimum atomic E-state index is -1.88. The van der Waals surface area contributed by atoms with Crippen LogP contribution in [0.2, 0.25) is 0 Å². The molecule has 8 unspecified atom stereocenters. The molecule has 8 atom stereocenters. The van der Waals surface area contributed by atoms with Gasteiger partial charge in [0.1, 0.15) is 30.7 Å². The summed E-state index contributed by atoms with van der Waals surface area (Å²) in [5.74, 6) is -1.59. The Morgan fingerprint density at radius 2 is 1.93 bits per heavy atom. The minimum absolute atomic E-state index is 0.113. The number of ether oxygens (including phenoxy) is 5. The zero-order chi connectivity index (χ0) is 22.0. The lowest BCUT2D eigenvalue weighted by atomic mass is 9.96. The first kappa shape index (κ1) is 25.2. The summed E-state index contributed by atoms with van der Waals surface area (Å²) in [6, 6.07) is -0.998. The molecule has 0 aliphatic carbocycles. The van der Waals surface area contributed by atoms with Crippen molar-refractivity contribution in [3.05, 3.63) is 0 Å². The molecule has 1 aliphatic rings. The van der Waals surface area contributed by atoms with Gasteiger partial charge < -0.3 is 53.9 Å². The number of hydrogen-bond donors (Lipinski definition) is 4. The normalized spacial score (nSPS) is 30.1. The Morgan fingerprint density at radius 1 is 1.24 bits per heavy atom. The molecule has 1 aliphatic heterocycles. The number of carboxylic acid groups (broad SMARTS) is 1. The van der Waals surface area contributed by atoms with Crippen LogP contribution in [0.25, 0.3) is 0 Å². The summed E-state index contributed by atoms with van der Waals surface area (Å²) in [6.07, 6.45) is -9.52. The predicted molar refractivity (Wildman–Crippen MR) is 90.7 cm³/mol. The van der Waals surface area contributed by atoms with E-state index in [1.165, 1.54) is 7.11 Å². The second-order valence-corrected chi connectivity index (χ2v) is 5.89. The molecule has 4 N–H and O–H groups in total. The third-order valence-electron chi connectivity index (χ3n) is 4.15. The maximum Gasteiger partial charge on any atom is 0.336 e. The van der Waals surface area contributed by atoms with Crippen LogP contribution in [-0.2, 0) is 42.9 Å². The van der Waals surface area contributed by atoms with Crippen LogP contribution in [0, 0.1) is 0 Å². The zero-order valence-electron chi connectivity index (χ0n) is 15.8. The van der Waals surface area contributed by atoms with Crippen LogP contribution >= 0.6 is 0 Å². The molecule has 1 saturated heterocycles. The number of aliphatic hydroxyl groups is 2. The summed E-state index contributed by atoms with van der Waals surface area (Å²) >= 11 is 0. The minimum Gasteiger partial charge on any atom is -0.479 e. The average molecular weight is 423 g/mol. The Balaban J connectivity index is 3.08. The van der Waals surface area contributed by atoms with E-state index >= 15 is 0 Å². The number of hydrogen-bond acceptors (Lipinski definition) is 12. The van der Waals surface area contributed by atoms with Crippen molar-refractivity contribution >= 4 is 24.8 Å². The highest BCUT2D eigenvalue weighted by Gasteiger charge is 2.47. The van der Waals surface area contributed by atoms with Gasteiger partial charge in [0, 0.05) is 14.2 Å². The van der Waals surface area contributed by atoms with Gasteiger partial charge in [-0.2, -0.15) is 0 Å². The fourth-order valence-corrected chi connectivity index (χ4v) is 2.75. The maximum atomic E-state index is 11.4. The number of aliphatic carboxylic acids is 1. The van der Waals surface area contributed by atoms with Crippen molar-refractivity contribution in [1.29, 1.82) is 0 Å². The molecule has 0 aromatic heterocycles. The van der Waals surface area contributed by atoms with Crippen molar-refractivity contribution in [2.24, 2.45) is 0 Å². The lowest BCUT2D eigenvalue weighted by molar-refractivity contribution is -0.294. The molecule has 29 heavy (non-hydrogen) atoms. The van der Waals surface area contributed by atoms with Crippen molar-refractivity contribution in [2.75, 3.05) is 27.4 Å². The molecule has 0 spiro atoms. The molecular formula is C16H25NO12. The van der Waals surface area contributed by atoms with Gasteiger partial charge in [-0.1, -0.05) is 0 Å². The summed E-state index contributed by atoms with van der Waals surface area (Å²) in [6.45, 7) is -0.811. The van der Waals surface area contributed by atoms with Gasteiger partial charge in [0.2, 0.25) is 6.29 Å². The number of nitrogens with one attached hydrogen (secondary N) is 1. The Hall–Kier alpha value is -1.84. The number of carbonyl (C=O) groups excluding carboxylic acids is 3. The molecule has 1 rings (SSSR count). The van der Waals surface area contributed by atoms with Crippen LogP contribution in [0.15, 0.2) is 0 Å². The molecule has 0 saturated carbocycles. The van der Waals surface area contributed by atoms with E-state index in [0.717, 1.165) is 7.11 Å². The number of rotatable bonds is 14. The predicted octanol–water partition coefficient (Wildman–Crippen LogP) is -3.54. The monoisotopic (exact) mass is 423 g/mol. The molecular weight excluding hydrogens is 398 g/mol. The van der Waals surface area contributed by atoms with E-state index in [1.807, 2.05) is 0 Å². The van der Waals surface area contributed by atoms with Crippen molar-refractivity contribution < 1.29 is 58.2 Å². The summed E-state index contributed by atoms with van der Waals surface area (Å²) in [7, 11) is 2.34. The molecule has 1 fully saturated rings. The molecule has 0 amide bonds. The number of aldehydes is 3. The third kappa shape index (κ3) is 6.58. The van der Waals surface area contributed by atoms with Crippen LogP contribution in [0.5, 0.6) is 0 Å². The van der Waals surface area contributed by atoms with E-state index in [0.29, 0.717) is 6.29 Å². The molecule has 0 bridgehead atoms.